The number of rotatable bonds is 14. The van der Waals surface area contributed by atoms with Crippen molar-refractivity contribution in [2.24, 2.45) is 4.99 Å². The van der Waals surface area contributed by atoms with Crippen LogP contribution in [0.25, 0.3) is 5.76 Å². The monoisotopic (exact) mass is 393 g/mol. The molecule has 0 fully saturated rings. The van der Waals surface area contributed by atoms with Gasteiger partial charge in [-0.3, -0.25) is 4.99 Å². The number of aliphatic hydroxyl groups excluding tert-OH is 1. The second-order valence-corrected chi connectivity index (χ2v) is 8.78. The lowest BCUT2D eigenvalue weighted by Gasteiger charge is -2.19. The fourth-order valence-electron chi connectivity index (χ4n) is 4.60. The van der Waals surface area contributed by atoms with Crippen LogP contribution in [0, 0.1) is 0 Å². The highest BCUT2D eigenvalue weighted by molar-refractivity contribution is 6.10. The van der Waals surface area contributed by atoms with E-state index >= 15 is 0 Å². The van der Waals surface area contributed by atoms with Gasteiger partial charge in [-0.25, -0.2) is 0 Å². The van der Waals surface area contributed by atoms with Gasteiger partial charge in [0.25, 0.3) is 0 Å². The second-order valence-electron chi connectivity index (χ2n) is 8.78. The summed E-state index contributed by atoms with van der Waals surface area (Å²) in [4.78, 5) is 4.80. The number of unbranched alkanes of at least 4 members (excludes halogenated alkanes) is 12. The largest absolute Gasteiger partial charge is 0.507 e. The van der Waals surface area contributed by atoms with Crippen molar-refractivity contribution in [2.45, 2.75) is 103 Å². The van der Waals surface area contributed by atoms with Crippen LogP contribution in [-0.4, -0.2) is 10.8 Å². The normalized spacial score (nSPS) is 17.4. The van der Waals surface area contributed by atoms with E-state index in [0.29, 0.717) is 5.76 Å². The number of aliphatic imine (C=N–C) groups is 1. The summed E-state index contributed by atoms with van der Waals surface area (Å²) in [6.45, 7) is 2.28. The quantitative estimate of drug-likeness (QED) is 0.316. The van der Waals surface area contributed by atoms with Crippen molar-refractivity contribution >= 4 is 11.5 Å². The Morgan fingerprint density at radius 1 is 0.793 bits per heavy atom. The maximum absolute atomic E-state index is 10.3. The van der Waals surface area contributed by atoms with E-state index in [9.17, 15) is 5.11 Å². The van der Waals surface area contributed by atoms with Crippen LogP contribution < -0.4 is 0 Å². The highest BCUT2D eigenvalue weighted by Crippen LogP contribution is 2.37. The summed E-state index contributed by atoms with van der Waals surface area (Å²) >= 11 is 0. The summed E-state index contributed by atoms with van der Waals surface area (Å²) in [6, 6.07) is 8.14. The average molecular weight is 394 g/mol. The molecule has 0 bridgehead atoms. The van der Waals surface area contributed by atoms with E-state index in [1.807, 2.05) is 24.3 Å². The average Bonchev–Trinajstić information content (AvgIpc) is 3.14. The number of benzene rings is 1. The topological polar surface area (TPSA) is 32.6 Å². The Morgan fingerprint density at radius 3 is 2.03 bits per heavy atom. The lowest BCUT2D eigenvalue weighted by molar-refractivity contribution is 0.510. The van der Waals surface area contributed by atoms with Crippen LogP contribution in [0.2, 0.25) is 0 Å². The molecule has 0 saturated carbocycles. The van der Waals surface area contributed by atoms with Crippen LogP contribution >= 0.6 is 0 Å². The zero-order valence-electron chi connectivity index (χ0n) is 18.3. The van der Waals surface area contributed by atoms with Crippen molar-refractivity contribution in [3.8, 4) is 0 Å². The van der Waals surface area contributed by atoms with Crippen LogP contribution in [0.3, 0.4) is 0 Å². The molecular formula is C27H39NO. The molecule has 1 unspecified atom stereocenters. The molecule has 1 aromatic rings. The Balaban J connectivity index is 1.25. The molecule has 1 heterocycles. The predicted octanol–water partition coefficient (Wildman–Crippen LogP) is 8.50. The van der Waals surface area contributed by atoms with E-state index in [1.165, 1.54) is 94.7 Å². The minimum absolute atomic E-state index is 0.235. The summed E-state index contributed by atoms with van der Waals surface area (Å²) < 4.78 is 0. The Hall–Kier alpha value is -1.83. The van der Waals surface area contributed by atoms with Crippen molar-refractivity contribution < 1.29 is 5.11 Å². The van der Waals surface area contributed by atoms with Crippen molar-refractivity contribution in [1.29, 1.82) is 0 Å². The fourth-order valence-corrected chi connectivity index (χ4v) is 4.60. The molecule has 2 aliphatic rings. The van der Waals surface area contributed by atoms with Crippen LogP contribution in [0.4, 0.5) is 0 Å². The first-order valence-electron chi connectivity index (χ1n) is 12.1. The van der Waals surface area contributed by atoms with Gasteiger partial charge in [0.2, 0.25) is 0 Å². The fraction of sp³-hybridized carbons (Fsp3) is 0.593. The van der Waals surface area contributed by atoms with E-state index in [4.69, 9.17) is 4.99 Å². The first-order valence-corrected chi connectivity index (χ1v) is 12.1. The van der Waals surface area contributed by atoms with Crippen molar-refractivity contribution in [1.82, 2.24) is 0 Å². The van der Waals surface area contributed by atoms with E-state index in [-0.39, 0.29) is 5.92 Å². The number of hydrogen-bond donors (Lipinski definition) is 1. The first-order chi connectivity index (χ1) is 14.3. The molecule has 158 valence electrons. The molecule has 1 aromatic carbocycles. The number of hydrogen-bond acceptors (Lipinski definition) is 2. The van der Waals surface area contributed by atoms with Gasteiger partial charge < -0.3 is 5.11 Å². The smallest absolute Gasteiger partial charge is 0.124 e. The maximum atomic E-state index is 10.3. The van der Waals surface area contributed by atoms with Gasteiger partial charge in [0.05, 0.1) is 5.71 Å². The minimum atomic E-state index is 0.235. The number of allylic oxidation sites excluding steroid dienone is 3. The summed E-state index contributed by atoms with van der Waals surface area (Å²) in [6.07, 6.45) is 23.3. The van der Waals surface area contributed by atoms with E-state index < -0.39 is 0 Å². The van der Waals surface area contributed by atoms with Gasteiger partial charge in [-0.2, -0.15) is 0 Å². The van der Waals surface area contributed by atoms with Crippen molar-refractivity contribution in [3.63, 3.8) is 0 Å². The summed E-state index contributed by atoms with van der Waals surface area (Å²) in [5.41, 5.74) is 4.35. The molecule has 0 spiro atoms. The summed E-state index contributed by atoms with van der Waals surface area (Å²) in [5.74, 6) is 0.588. The number of fused-ring (bicyclic) bond motifs is 3. The van der Waals surface area contributed by atoms with Crippen LogP contribution in [0.5, 0.6) is 0 Å². The SMILES string of the molecule is CCCCCCCCCCCCCCCC1=CC2C(=N1)C=C(O)c1ccccc12. The highest BCUT2D eigenvalue weighted by atomic mass is 16.3. The van der Waals surface area contributed by atoms with E-state index in [2.05, 4.69) is 19.1 Å². The third-order valence-electron chi connectivity index (χ3n) is 6.34. The Kier molecular flexibility index (Phi) is 9.05. The Morgan fingerprint density at radius 2 is 1.38 bits per heavy atom. The molecular weight excluding hydrogens is 354 g/mol. The molecule has 1 N–H and O–H groups in total. The summed E-state index contributed by atoms with van der Waals surface area (Å²) in [7, 11) is 0. The second kappa shape index (κ2) is 12.0. The van der Waals surface area contributed by atoms with Gasteiger partial charge >= 0.3 is 0 Å². The minimum Gasteiger partial charge on any atom is -0.507 e. The molecule has 1 atom stereocenters. The molecule has 0 aromatic heterocycles. The zero-order chi connectivity index (χ0) is 20.3. The molecule has 2 nitrogen and oxygen atoms in total. The van der Waals surface area contributed by atoms with Gasteiger partial charge in [-0.05, 0) is 24.5 Å². The van der Waals surface area contributed by atoms with Gasteiger partial charge in [0.1, 0.15) is 5.76 Å². The molecule has 0 saturated heterocycles. The van der Waals surface area contributed by atoms with Gasteiger partial charge in [-0.15, -0.1) is 0 Å². The molecule has 29 heavy (non-hydrogen) atoms. The Bertz CT molecular complexity index is 728. The standard InChI is InChI=1S/C27H39NO/c1-2-3-4-5-6-7-8-9-10-11-12-13-14-17-22-20-25-23-18-15-16-19-24(23)27(29)21-26(25)28-22/h15-16,18-21,25,29H,2-14,17H2,1H3. The molecule has 2 heteroatoms. The number of nitrogens with zero attached hydrogens (tertiary/aromatic N) is 1. The lowest BCUT2D eigenvalue weighted by Crippen LogP contribution is -2.12. The summed E-state index contributed by atoms with van der Waals surface area (Å²) in [5, 5.41) is 10.3. The van der Waals surface area contributed by atoms with Gasteiger partial charge in [0, 0.05) is 23.3 Å². The van der Waals surface area contributed by atoms with Crippen LogP contribution in [0.15, 0.2) is 47.1 Å². The molecule has 3 rings (SSSR count). The third-order valence-corrected chi connectivity index (χ3v) is 6.34. The first kappa shape index (κ1) is 21.9. The van der Waals surface area contributed by atoms with E-state index in [1.54, 1.807) is 0 Å². The lowest BCUT2D eigenvalue weighted by atomic mass is 9.85. The van der Waals surface area contributed by atoms with Crippen molar-refractivity contribution in [2.75, 3.05) is 0 Å². The van der Waals surface area contributed by atoms with Crippen LogP contribution in [0.1, 0.15) is 114 Å². The van der Waals surface area contributed by atoms with Crippen LogP contribution in [-0.2, 0) is 0 Å². The van der Waals surface area contributed by atoms with Crippen molar-refractivity contribution in [3.05, 3.63) is 53.2 Å². The Labute approximate surface area is 177 Å². The van der Waals surface area contributed by atoms with Gasteiger partial charge in [-0.1, -0.05) is 108 Å². The third kappa shape index (κ3) is 6.59. The molecule has 0 radical (unpaired) electrons. The number of aliphatic hydroxyl groups is 1. The molecule has 1 aliphatic heterocycles. The van der Waals surface area contributed by atoms with Gasteiger partial charge in [0.15, 0.2) is 0 Å². The molecule has 1 aliphatic carbocycles. The zero-order valence-corrected chi connectivity index (χ0v) is 18.3. The highest BCUT2D eigenvalue weighted by Gasteiger charge is 2.28. The van der Waals surface area contributed by atoms with E-state index in [0.717, 1.165) is 17.7 Å². The maximum Gasteiger partial charge on any atom is 0.124 e. The predicted molar refractivity (Wildman–Crippen MR) is 126 cm³/mol. The molecule has 0 amide bonds.